The highest BCUT2D eigenvalue weighted by Crippen LogP contribution is 2.21. The molecular formula is C18H24N2O2S. The smallest absolute Gasteiger partial charge is 0.250 e. The summed E-state index contributed by atoms with van der Waals surface area (Å²) in [5.74, 6) is 0.516. The van der Waals surface area contributed by atoms with Crippen molar-refractivity contribution in [3.05, 3.63) is 35.9 Å². The Morgan fingerprint density at radius 3 is 2.70 bits per heavy atom. The van der Waals surface area contributed by atoms with E-state index in [0.717, 1.165) is 24.2 Å². The number of thiocarbonyl (C=S) groups is 1. The lowest BCUT2D eigenvalue weighted by Crippen LogP contribution is -2.45. The zero-order valence-electron chi connectivity index (χ0n) is 13.7. The number of benzene rings is 1. The van der Waals surface area contributed by atoms with E-state index < -0.39 is 0 Å². The predicted molar refractivity (Wildman–Crippen MR) is 97.4 cm³/mol. The minimum atomic E-state index is -0.219. The summed E-state index contributed by atoms with van der Waals surface area (Å²) >= 11 is 5.35. The fraction of sp³-hybridized carbons (Fsp3) is 0.444. The Bertz CT molecular complexity index is 580. The zero-order chi connectivity index (χ0) is 16.7. The summed E-state index contributed by atoms with van der Waals surface area (Å²) in [6, 6.07) is 8.00. The highest BCUT2D eigenvalue weighted by molar-refractivity contribution is 7.80. The average Bonchev–Trinajstić information content (AvgIpc) is 2.60. The van der Waals surface area contributed by atoms with Crippen LogP contribution in [0, 0.1) is 0 Å². The maximum atomic E-state index is 12.1. The van der Waals surface area contributed by atoms with Gasteiger partial charge in [0, 0.05) is 24.7 Å². The van der Waals surface area contributed by atoms with Crippen LogP contribution >= 0.6 is 12.2 Å². The molecule has 0 bridgehead atoms. The molecule has 4 nitrogen and oxygen atoms in total. The number of para-hydroxylation sites is 1. The number of nitrogens with one attached hydrogen (secondary N) is 1. The first-order chi connectivity index (χ1) is 11.1. The van der Waals surface area contributed by atoms with Crippen molar-refractivity contribution in [2.24, 2.45) is 0 Å². The highest BCUT2D eigenvalue weighted by atomic mass is 32.1. The van der Waals surface area contributed by atoms with E-state index in [1.165, 1.54) is 25.3 Å². The number of nitrogens with zero attached hydrogens (tertiary/aromatic N) is 1. The van der Waals surface area contributed by atoms with Crippen LogP contribution in [0.5, 0.6) is 5.75 Å². The fourth-order valence-corrected chi connectivity index (χ4v) is 3.09. The quantitative estimate of drug-likeness (QED) is 0.678. The summed E-state index contributed by atoms with van der Waals surface area (Å²) in [7, 11) is 3.57. The lowest BCUT2D eigenvalue weighted by Gasteiger charge is -2.32. The van der Waals surface area contributed by atoms with Crippen molar-refractivity contribution in [2.45, 2.75) is 38.1 Å². The van der Waals surface area contributed by atoms with Gasteiger partial charge in [0.1, 0.15) is 5.75 Å². The Balaban J connectivity index is 1.90. The van der Waals surface area contributed by atoms with Gasteiger partial charge in [0.25, 0.3) is 0 Å². The van der Waals surface area contributed by atoms with Crippen molar-refractivity contribution >= 4 is 29.3 Å². The Kier molecular flexibility index (Phi) is 6.59. The lowest BCUT2D eigenvalue weighted by atomic mass is 9.95. The SMILES string of the molecule is COc1ccccc1/C=C/C(=O)NC(=S)N(C)C1CCCCC1. The zero-order valence-corrected chi connectivity index (χ0v) is 14.6. The summed E-state index contributed by atoms with van der Waals surface area (Å²) in [4.78, 5) is 14.1. The van der Waals surface area contributed by atoms with Gasteiger partial charge in [-0.25, -0.2) is 0 Å². The molecule has 2 rings (SSSR count). The first-order valence-electron chi connectivity index (χ1n) is 8.00. The molecule has 1 aliphatic carbocycles. The summed E-state index contributed by atoms with van der Waals surface area (Å²) in [6.07, 6.45) is 9.27. The van der Waals surface area contributed by atoms with E-state index in [1.54, 1.807) is 13.2 Å². The van der Waals surface area contributed by atoms with Crippen LogP contribution in [0.1, 0.15) is 37.7 Å². The third-order valence-electron chi connectivity index (χ3n) is 4.23. The van der Waals surface area contributed by atoms with E-state index in [9.17, 15) is 4.79 Å². The Morgan fingerprint density at radius 2 is 2.00 bits per heavy atom. The molecule has 23 heavy (non-hydrogen) atoms. The molecule has 0 heterocycles. The van der Waals surface area contributed by atoms with Crippen LogP contribution < -0.4 is 10.1 Å². The third kappa shape index (κ3) is 5.06. The number of carbonyl (C=O) groups excluding carboxylic acids is 1. The molecule has 1 aromatic carbocycles. The molecular weight excluding hydrogens is 308 g/mol. The molecule has 0 spiro atoms. The van der Waals surface area contributed by atoms with Crippen molar-refractivity contribution in [3.63, 3.8) is 0 Å². The van der Waals surface area contributed by atoms with Crippen molar-refractivity contribution < 1.29 is 9.53 Å². The van der Waals surface area contributed by atoms with E-state index in [2.05, 4.69) is 5.32 Å². The topological polar surface area (TPSA) is 41.6 Å². The van der Waals surface area contributed by atoms with E-state index >= 15 is 0 Å². The van der Waals surface area contributed by atoms with Crippen molar-refractivity contribution in [1.82, 2.24) is 10.2 Å². The van der Waals surface area contributed by atoms with E-state index in [-0.39, 0.29) is 5.91 Å². The predicted octanol–water partition coefficient (Wildman–Crippen LogP) is 3.37. The Morgan fingerprint density at radius 1 is 1.30 bits per heavy atom. The second kappa shape index (κ2) is 8.67. The van der Waals surface area contributed by atoms with E-state index in [4.69, 9.17) is 17.0 Å². The van der Waals surface area contributed by atoms with Gasteiger partial charge in [-0.1, -0.05) is 37.5 Å². The minimum absolute atomic E-state index is 0.219. The van der Waals surface area contributed by atoms with Gasteiger partial charge in [0.15, 0.2) is 5.11 Å². The number of hydrogen-bond acceptors (Lipinski definition) is 3. The van der Waals surface area contributed by atoms with Crippen LogP contribution in [-0.4, -0.2) is 36.1 Å². The van der Waals surface area contributed by atoms with Gasteiger partial charge in [-0.15, -0.1) is 0 Å². The van der Waals surface area contributed by atoms with Gasteiger partial charge in [0.2, 0.25) is 5.91 Å². The van der Waals surface area contributed by atoms with Crippen LogP contribution in [0.4, 0.5) is 0 Å². The summed E-state index contributed by atoms with van der Waals surface area (Å²) in [5, 5.41) is 3.27. The maximum Gasteiger partial charge on any atom is 0.250 e. The molecule has 0 saturated heterocycles. The third-order valence-corrected chi connectivity index (χ3v) is 4.62. The van der Waals surface area contributed by atoms with Gasteiger partial charge in [0.05, 0.1) is 7.11 Å². The number of rotatable bonds is 4. The summed E-state index contributed by atoms with van der Waals surface area (Å²) in [5.41, 5.74) is 0.858. The standard InChI is InChI=1S/C18H24N2O2S/c1-20(15-9-4-3-5-10-15)18(23)19-17(21)13-12-14-8-6-7-11-16(14)22-2/h6-8,11-13,15H,3-5,9-10H2,1-2H3,(H,19,21,23)/b13-12+. The molecule has 1 saturated carbocycles. The molecule has 0 aliphatic heterocycles. The van der Waals surface area contributed by atoms with Crippen LogP contribution in [0.25, 0.3) is 6.08 Å². The second-order valence-corrected chi connectivity index (χ2v) is 6.16. The number of hydrogen-bond donors (Lipinski definition) is 1. The first-order valence-corrected chi connectivity index (χ1v) is 8.41. The summed E-state index contributed by atoms with van der Waals surface area (Å²) in [6.45, 7) is 0. The molecule has 1 N–H and O–H groups in total. The Labute approximate surface area is 143 Å². The van der Waals surface area contributed by atoms with Gasteiger partial charge in [-0.05, 0) is 37.2 Å². The molecule has 1 fully saturated rings. The molecule has 0 unspecified atom stereocenters. The van der Waals surface area contributed by atoms with Crippen molar-refractivity contribution in [2.75, 3.05) is 14.2 Å². The monoisotopic (exact) mass is 332 g/mol. The Hall–Kier alpha value is -1.88. The van der Waals surface area contributed by atoms with Crippen LogP contribution in [0.2, 0.25) is 0 Å². The average molecular weight is 332 g/mol. The number of amides is 1. The van der Waals surface area contributed by atoms with Crippen LogP contribution in [0.3, 0.4) is 0 Å². The van der Waals surface area contributed by atoms with Crippen LogP contribution in [-0.2, 0) is 4.79 Å². The molecule has 0 radical (unpaired) electrons. The van der Waals surface area contributed by atoms with Gasteiger partial charge in [-0.2, -0.15) is 0 Å². The largest absolute Gasteiger partial charge is 0.496 e. The van der Waals surface area contributed by atoms with E-state index in [1.807, 2.05) is 36.2 Å². The number of methoxy groups -OCH3 is 1. The minimum Gasteiger partial charge on any atom is -0.496 e. The molecule has 1 aliphatic rings. The normalized spacial score (nSPS) is 15.4. The molecule has 124 valence electrons. The lowest BCUT2D eigenvalue weighted by molar-refractivity contribution is -0.115. The van der Waals surface area contributed by atoms with E-state index in [0.29, 0.717) is 11.2 Å². The number of ether oxygens (including phenoxy) is 1. The van der Waals surface area contributed by atoms with Gasteiger partial charge in [-0.3, -0.25) is 10.1 Å². The van der Waals surface area contributed by atoms with Gasteiger partial charge < -0.3 is 9.64 Å². The van der Waals surface area contributed by atoms with Crippen molar-refractivity contribution in [3.8, 4) is 5.75 Å². The molecule has 5 heteroatoms. The molecule has 1 aromatic rings. The summed E-state index contributed by atoms with van der Waals surface area (Å²) < 4.78 is 5.26. The molecule has 1 amide bonds. The first kappa shape index (κ1) is 17.5. The second-order valence-electron chi connectivity index (χ2n) is 5.77. The van der Waals surface area contributed by atoms with Gasteiger partial charge >= 0.3 is 0 Å². The molecule has 0 aromatic heterocycles. The maximum absolute atomic E-state index is 12.1. The fourth-order valence-electron chi connectivity index (χ4n) is 2.84. The highest BCUT2D eigenvalue weighted by Gasteiger charge is 2.20. The van der Waals surface area contributed by atoms with Crippen molar-refractivity contribution in [1.29, 1.82) is 0 Å². The molecule has 0 atom stereocenters. The number of carbonyl (C=O) groups is 1. The van der Waals surface area contributed by atoms with Crippen LogP contribution in [0.15, 0.2) is 30.3 Å².